The molecule has 12 N–H and O–H groups in total. The van der Waals surface area contributed by atoms with Crippen LogP contribution in [0.4, 0.5) is 62.3 Å². The molecule has 6 fully saturated rings. The number of Topliss-reactive ketones (excluding diaryl/α,β-unsaturated/α-hetero) is 4. The third kappa shape index (κ3) is 18.6. The molecule has 4 atom stereocenters. The second kappa shape index (κ2) is 36.8. The highest BCUT2D eigenvalue weighted by molar-refractivity contribution is 6.46. The maximum Gasteiger partial charge on any atom is 0.293 e. The Bertz CT molecular complexity index is 6850. The van der Waals surface area contributed by atoms with E-state index in [0.717, 1.165) is 36.0 Å². The zero-order chi connectivity index (χ0) is 103. The van der Waals surface area contributed by atoms with Crippen LogP contribution >= 0.6 is 23.2 Å². The van der Waals surface area contributed by atoms with Gasteiger partial charge in [0.15, 0.2) is 0 Å². The average molecular weight is 2020 g/mol. The highest BCUT2D eigenvalue weighted by Gasteiger charge is 2.66. The van der Waals surface area contributed by atoms with Crippen LogP contribution in [0.5, 0.6) is 0 Å². The van der Waals surface area contributed by atoms with Crippen molar-refractivity contribution >= 4 is 128 Å². The Morgan fingerprint density at radius 1 is 0.392 bits per heavy atom. The fourth-order valence-corrected chi connectivity index (χ4v) is 21.8. The molecular formula is C98H97Cl2F9N20O14. The van der Waals surface area contributed by atoms with Crippen molar-refractivity contribution in [1.29, 1.82) is 0 Å². The van der Waals surface area contributed by atoms with E-state index in [4.69, 9.17) is 23.2 Å². The van der Waals surface area contributed by atoms with E-state index in [1.807, 2.05) is 32.9 Å². The molecule has 6 aliphatic carbocycles. The normalized spacial score (nSPS) is 19.7. The lowest BCUT2D eigenvalue weighted by molar-refractivity contribution is -0.164. The van der Waals surface area contributed by atoms with Crippen LogP contribution in [0.1, 0.15) is 251 Å². The molecule has 0 unspecified atom stereocenters. The first-order valence-corrected chi connectivity index (χ1v) is 46.8. The highest BCUT2D eigenvalue weighted by Crippen LogP contribution is 2.59. The van der Waals surface area contributed by atoms with Crippen LogP contribution in [0.15, 0.2) is 91.3 Å². The summed E-state index contributed by atoms with van der Waals surface area (Å²) in [6.45, 7) is 15.7. The summed E-state index contributed by atoms with van der Waals surface area (Å²) in [5.41, 5.74) is 3.73. The monoisotopic (exact) mass is 2020 g/mol. The first-order valence-electron chi connectivity index (χ1n) is 46.0. The highest BCUT2D eigenvalue weighted by atomic mass is 35.5. The number of carbonyl (C=O) groups excluding carboxylic acids is 14. The van der Waals surface area contributed by atoms with Crippen molar-refractivity contribution in [2.24, 2.45) is 11.8 Å². The molecule has 750 valence electrons. The minimum Gasteiger partial charge on any atom is -0.357 e. The molecule has 20 rings (SSSR count). The summed E-state index contributed by atoms with van der Waals surface area (Å²) in [5.74, 6) is -23.5. The lowest BCUT2D eigenvalue weighted by Gasteiger charge is -2.46. The van der Waals surface area contributed by atoms with E-state index in [9.17, 15) is 107 Å². The van der Waals surface area contributed by atoms with Gasteiger partial charge in [0.2, 0.25) is 11.8 Å². The number of anilines is 4. The molecule has 6 saturated carbocycles. The number of benzene rings is 4. The topological polar surface area (TPSA) is 462 Å². The van der Waals surface area contributed by atoms with E-state index < -0.39 is 179 Å². The van der Waals surface area contributed by atoms with E-state index in [2.05, 4.69) is 84.0 Å². The van der Waals surface area contributed by atoms with Crippen molar-refractivity contribution in [3.05, 3.63) is 231 Å². The van der Waals surface area contributed by atoms with Crippen molar-refractivity contribution in [1.82, 2.24) is 81.0 Å². The minimum atomic E-state index is -3.11. The molecule has 34 nitrogen and oxygen atoms in total. The second-order valence-corrected chi connectivity index (χ2v) is 39.6. The second-order valence-electron chi connectivity index (χ2n) is 38.7. The fraction of sp³-hybridized carbons (Fsp3) is 0.408. The lowest BCUT2D eigenvalue weighted by Crippen LogP contribution is -2.69. The number of aromatic amines is 2. The molecule has 0 bridgehead atoms. The Morgan fingerprint density at radius 2 is 0.706 bits per heavy atom. The van der Waals surface area contributed by atoms with Crippen LogP contribution in [0, 0.1) is 73.0 Å². The Morgan fingerprint density at radius 3 is 1.03 bits per heavy atom. The van der Waals surface area contributed by atoms with Crippen molar-refractivity contribution in [3.8, 4) is 0 Å². The molecule has 143 heavy (non-hydrogen) atoms. The molecule has 45 heteroatoms. The van der Waals surface area contributed by atoms with Gasteiger partial charge in [-0.15, -0.1) is 0 Å². The SMILES string of the molecule is CNC(=O)C1(NC(=O)C(=O)c2c(C)c(C(=O)Nc3ccc(C)c(Cl)c3)n3c2[C@@H]2C[C@@H]2C3)CC(F)(F)C1.CNC(=O)C1(NC(=O)C(=O)c2c(C)c(C(=O)Nc3ccc(C)c(Cl)c3)n3c2[C@H]2C[C@H]2C3)CC(F)(F)C1.Cc1ccc(NC(=O)c2c(C)c(C(=O)C(=O)NC3(c4cn[nH]n4)CC(F)(F)C3)c3n2CCC3)cc1.Cc1ccc(NC(=O)c2c(C)c(C(=O)C(=O)NC3(c4cn[nH]n4)CC(F)(F)C3)c3n2CCC3)cc1F. The third-order valence-electron chi connectivity index (χ3n) is 28.5. The largest absolute Gasteiger partial charge is 0.357 e. The van der Waals surface area contributed by atoms with Crippen molar-refractivity contribution < 1.29 is 107 Å². The zero-order valence-electron chi connectivity index (χ0n) is 78.6. The van der Waals surface area contributed by atoms with Gasteiger partial charge in [-0.05, 0) is 193 Å². The van der Waals surface area contributed by atoms with E-state index in [-0.39, 0.29) is 86.0 Å². The predicted octanol–water partition coefficient (Wildman–Crippen LogP) is 12.9. The number of aryl methyl sites for hydroxylation is 4. The van der Waals surface area contributed by atoms with Gasteiger partial charge in [0.1, 0.15) is 51.1 Å². The van der Waals surface area contributed by atoms with Gasteiger partial charge in [0.05, 0.1) is 45.7 Å². The number of hydrogen-bond donors (Lipinski definition) is 12. The van der Waals surface area contributed by atoms with E-state index in [0.29, 0.717) is 129 Å². The van der Waals surface area contributed by atoms with E-state index in [1.54, 1.807) is 107 Å². The molecule has 4 aliphatic heterocycles. The number of alkyl halides is 8. The number of H-pyrrole nitrogens is 2. The number of fused-ring (bicyclic) bond motifs is 8. The van der Waals surface area contributed by atoms with Crippen molar-refractivity contribution in [3.63, 3.8) is 0 Å². The Balaban J connectivity index is 0.000000131. The summed E-state index contributed by atoms with van der Waals surface area (Å²) >= 11 is 12.3. The summed E-state index contributed by atoms with van der Waals surface area (Å²) in [5, 5.41) is 45.8. The standard InChI is InChI=1S/2C25H25ClF2N4O4.C24H23F3N6O3.C24H24F2N6O3/c2*1-11-4-5-14(7-16(11)26)30-21(34)18-12(2)17(19-15-6-13(15)8-32(18)19)20(33)22(35)31-24(23(36)29-3)9-25(27,28)10-24;1-12-5-6-14(8-15(12)25)29-21(35)19-13(2)18(16-4-3-7-33(16)19)20(34)22(36)30-23(10-24(26,27)11-23)17-9-28-32-31-17;1-13-5-7-15(8-6-13)28-21(34)19-14(2)18(16-4-3-9-32(16)19)20(33)22(35)29-23(11-24(25,26)12-23)17-10-27-31-30-17/h2*4-5,7,13,15H,6,8-10H2,1-3H3,(H,29,36)(H,30,34)(H,31,35);5-6,8-9H,3-4,7,10-11H2,1-2H3,(H,29,35)(H,30,36)(H,28,31,32);5-8,10H,3-4,9,11-12H2,1-2H3,(H,28,34)(H,29,35)(H,27,30,31)/t2*13-,15-;;/m10../s1. The maximum atomic E-state index is 13.9. The maximum absolute atomic E-state index is 13.9. The van der Waals surface area contributed by atoms with Crippen molar-refractivity contribution in [2.45, 2.75) is 229 Å². The molecule has 0 spiro atoms. The van der Waals surface area contributed by atoms with Crippen LogP contribution in [-0.4, -0.2) is 180 Å². The quantitative estimate of drug-likeness (QED) is 0.0152. The van der Waals surface area contributed by atoms with Crippen LogP contribution < -0.4 is 53.2 Å². The van der Waals surface area contributed by atoms with Crippen molar-refractivity contribution in [2.75, 3.05) is 35.4 Å². The van der Waals surface area contributed by atoms with Crippen LogP contribution in [-0.2, 0) is 78.9 Å². The molecule has 0 radical (unpaired) electrons. The summed E-state index contributed by atoms with van der Waals surface area (Å²) in [4.78, 5) is 183. The summed E-state index contributed by atoms with van der Waals surface area (Å²) in [6, 6.07) is 21.8. The number of likely N-dealkylation sites (N-methyl/N-ethyl adjacent to an activating group) is 2. The number of rotatable bonds is 24. The van der Waals surface area contributed by atoms with Gasteiger partial charge in [0, 0.05) is 159 Å². The smallest absolute Gasteiger partial charge is 0.293 e. The van der Waals surface area contributed by atoms with Gasteiger partial charge >= 0.3 is 0 Å². The number of aromatic nitrogens is 10. The molecule has 10 aliphatic rings. The van der Waals surface area contributed by atoms with Gasteiger partial charge in [-0.3, -0.25) is 67.1 Å². The first-order chi connectivity index (χ1) is 67.4. The van der Waals surface area contributed by atoms with Gasteiger partial charge < -0.3 is 71.4 Å². The summed E-state index contributed by atoms with van der Waals surface area (Å²) in [7, 11) is 2.55. The molecule has 0 saturated heterocycles. The number of nitrogens with one attached hydrogen (secondary N) is 12. The third-order valence-corrected chi connectivity index (χ3v) is 29.3. The van der Waals surface area contributed by atoms with Gasteiger partial charge in [-0.2, -0.15) is 30.8 Å². The number of ketones is 4. The van der Waals surface area contributed by atoms with Crippen LogP contribution in [0.25, 0.3) is 0 Å². The number of nitrogens with zero attached hydrogens (tertiary/aromatic N) is 8. The van der Waals surface area contributed by atoms with E-state index >= 15 is 0 Å². The zero-order valence-corrected chi connectivity index (χ0v) is 80.2. The van der Waals surface area contributed by atoms with Gasteiger partial charge in [-0.1, -0.05) is 59.1 Å². The molecule has 4 aromatic carbocycles. The average Bonchev–Trinajstić information content (AvgIpc) is 1.54. The van der Waals surface area contributed by atoms with Crippen LogP contribution in [0.3, 0.4) is 0 Å². The number of carbonyl (C=O) groups is 14. The number of halogens is 11. The molecule has 10 heterocycles. The molecule has 10 amide bonds. The van der Waals surface area contributed by atoms with Gasteiger partial charge in [-0.25, -0.2) is 39.5 Å². The number of amides is 10. The Labute approximate surface area is 818 Å². The summed E-state index contributed by atoms with van der Waals surface area (Å²) < 4.78 is 131. The molecular weight excluding hydrogens is 1920 g/mol. The molecule has 6 aromatic heterocycles. The predicted molar refractivity (Wildman–Crippen MR) is 498 cm³/mol. The van der Waals surface area contributed by atoms with E-state index in [1.165, 1.54) is 38.6 Å². The Hall–Kier alpha value is -14.4. The van der Waals surface area contributed by atoms with Gasteiger partial charge in [0.25, 0.3) is 94.1 Å². The van der Waals surface area contributed by atoms with Crippen LogP contribution in [0.2, 0.25) is 10.0 Å². The Kier molecular flexibility index (Phi) is 25.8. The lowest BCUT2D eigenvalue weighted by atomic mass is 9.71. The number of hydrogen-bond acceptors (Lipinski definition) is 18. The fourth-order valence-electron chi connectivity index (χ4n) is 21.4. The first kappa shape index (κ1) is 100. The molecule has 10 aromatic rings. The summed E-state index contributed by atoms with van der Waals surface area (Å²) in [6.07, 6.45) is 0.230. The minimum absolute atomic E-state index is 0.0479.